The molecule has 0 aliphatic carbocycles. The highest BCUT2D eigenvalue weighted by Gasteiger charge is 2.30. The molecule has 1 aromatic rings. The summed E-state index contributed by atoms with van der Waals surface area (Å²) in [4.78, 5) is 0. The van der Waals surface area contributed by atoms with Crippen molar-refractivity contribution < 1.29 is 10.3 Å². The van der Waals surface area contributed by atoms with Gasteiger partial charge in [0.25, 0.3) is 0 Å². The molecule has 0 bridgehead atoms. The largest absolute Gasteiger partial charge is 0.507 e. The molecule has 1 rings (SSSR count). The van der Waals surface area contributed by atoms with Crippen molar-refractivity contribution in [2.24, 2.45) is 10.6 Å². The van der Waals surface area contributed by atoms with E-state index in [1.807, 2.05) is 26.8 Å². The Balaban J connectivity index is 3.79. The lowest BCUT2D eigenvalue weighted by Crippen LogP contribution is -2.25. The summed E-state index contributed by atoms with van der Waals surface area (Å²) >= 11 is 0. The predicted octanol–water partition coefficient (Wildman–Crippen LogP) is 5.21. The van der Waals surface area contributed by atoms with Gasteiger partial charge in [0, 0.05) is 16.5 Å². The molecule has 3 nitrogen and oxygen atoms in total. The van der Waals surface area contributed by atoms with Crippen LogP contribution >= 0.6 is 0 Å². The van der Waals surface area contributed by atoms with Gasteiger partial charge in [-0.3, -0.25) is 0 Å². The van der Waals surface area contributed by atoms with Gasteiger partial charge in [-0.2, -0.15) is 0 Å². The first-order valence-corrected chi connectivity index (χ1v) is 7.80. The minimum absolute atomic E-state index is 0.0547. The number of aromatic hydroxyl groups is 1. The van der Waals surface area contributed by atoms with E-state index in [9.17, 15) is 10.3 Å². The second-order valence-corrected chi connectivity index (χ2v) is 9.12. The lowest BCUT2D eigenvalue weighted by molar-refractivity contribution is 0.311. The van der Waals surface area contributed by atoms with E-state index in [0.29, 0.717) is 11.3 Å². The Bertz CT molecular complexity index is 579. The van der Waals surface area contributed by atoms with Gasteiger partial charge in [0.2, 0.25) is 0 Å². The van der Waals surface area contributed by atoms with E-state index in [1.54, 1.807) is 0 Å². The summed E-state index contributed by atoms with van der Waals surface area (Å²) in [6.07, 6.45) is 0. The molecule has 0 atom stereocenters. The number of oxime groups is 1. The molecule has 124 valence electrons. The minimum Gasteiger partial charge on any atom is -0.507 e. The van der Waals surface area contributed by atoms with Gasteiger partial charge in [-0.25, -0.2) is 0 Å². The molecule has 0 fully saturated rings. The summed E-state index contributed by atoms with van der Waals surface area (Å²) < 4.78 is 0. The molecule has 0 saturated heterocycles. The molecule has 0 amide bonds. The molecule has 0 spiro atoms. The number of hydrogen-bond donors (Lipinski definition) is 2. The van der Waals surface area contributed by atoms with Crippen LogP contribution in [0.15, 0.2) is 17.3 Å². The lowest BCUT2D eigenvalue weighted by Gasteiger charge is -2.29. The van der Waals surface area contributed by atoms with Gasteiger partial charge in [-0.1, -0.05) is 73.5 Å². The Morgan fingerprint density at radius 3 is 1.68 bits per heavy atom. The predicted molar refractivity (Wildman–Crippen MR) is 93.3 cm³/mol. The maximum atomic E-state index is 10.8. The smallest absolute Gasteiger partial charge is 0.128 e. The molecule has 2 N–H and O–H groups in total. The average molecular weight is 305 g/mol. The van der Waals surface area contributed by atoms with Crippen LogP contribution in [0.5, 0.6) is 5.75 Å². The first-order valence-electron chi connectivity index (χ1n) is 7.80. The first kappa shape index (κ1) is 18.5. The molecule has 0 heterocycles. The van der Waals surface area contributed by atoms with E-state index in [4.69, 9.17) is 0 Å². The van der Waals surface area contributed by atoms with Crippen molar-refractivity contribution in [3.05, 3.63) is 28.8 Å². The summed E-state index contributed by atoms with van der Waals surface area (Å²) in [5, 5.41) is 23.8. The first-order chi connectivity index (χ1) is 9.69. The number of benzene rings is 1. The van der Waals surface area contributed by atoms with Crippen LogP contribution in [0.2, 0.25) is 0 Å². The van der Waals surface area contributed by atoms with E-state index in [1.165, 1.54) is 0 Å². The normalized spacial score (nSPS) is 14.3. The number of phenols is 1. The van der Waals surface area contributed by atoms with Crippen LogP contribution in [-0.2, 0) is 10.8 Å². The second kappa shape index (κ2) is 5.60. The van der Waals surface area contributed by atoms with E-state index in [2.05, 4.69) is 52.8 Å². The lowest BCUT2D eigenvalue weighted by atomic mass is 9.76. The van der Waals surface area contributed by atoms with Crippen LogP contribution in [0.3, 0.4) is 0 Å². The van der Waals surface area contributed by atoms with Crippen LogP contribution < -0.4 is 0 Å². The van der Waals surface area contributed by atoms with Gasteiger partial charge < -0.3 is 10.3 Å². The third kappa shape index (κ3) is 3.82. The number of hydrogen-bond acceptors (Lipinski definition) is 3. The van der Waals surface area contributed by atoms with Crippen molar-refractivity contribution in [1.82, 2.24) is 0 Å². The molecule has 0 saturated carbocycles. The van der Waals surface area contributed by atoms with Gasteiger partial charge in [0.1, 0.15) is 5.75 Å². The summed E-state index contributed by atoms with van der Waals surface area (Å²) in [6, 6.07) is 4.02. The highest BCUT2D eigenvalue weighted by molar-refractivity contribution is 6.06. The van der Waals surface area contributed by atoms with Crippen molar-refractivity contribution in [3.63, 3.8) is 0 Å². The van der Waals surface area contributed by atoms with Gasteiger partial charge in [0.15, 0.2) is 0 Å². The molecule has 0 aliphatic rings. The third-order valence-electron chi connectivity index (χ3n) is 3.85. The topological polar surface area (TPSA) is 52.8 Å². The van der Waals surface area contributed by atoms with Gasteiger partial charge in [0.05, 0.1) is 5.71 Å². The zero-order valence-corrected chi connectivity index (χ0v) is 15.5. The van der Waals surface area contributed by atoms with Crippen molar-refractivity contribution >= 4 is 5.71 Å². The minimum atomic E-state index is -0.363. The monoisotopic (exact) mass is 305 g/mol. The number of rotatable bonds is 1. The van der Waals surface area contributed by atoms with Crippen molar-refractivity contribution in [2.75, 3.05) is 0 Å². The molecule has 0 aliphatic heterocycles. The summed E-state index contributed by atoms with van der Waals surface area (Å²) in [6.45, 7) is 18.6. The van der Waals surface area contributed by atoms with E-state index in [-0.39, 0.29) is 22.0 Å². The SMILES string of the molecule is CC(C)(C)/C(=N/O)c1cc(C(C)(C)C)cc(C(C)(C)C)c1O. The number of nitrogens with zero attached hydrogens (tertiary/aromatic N) is 1. The highest BCUT2D eigenvalue weighted by atomic mass is 16.4. The third-order valence-corrected chi connectivity index (χ3v) is 3.85. The van der Waals surface area contributed by atoms with Crippen molar-refractivity contribution in [3.8, 4) is 5.75 Å². The molecule has 1 aromatic carbocycles. The molecule has 0 radical (unpaired) electrons. The van der Waals surface area contributed by atoms with Crippen LogP contribution in [0.4, 0.5) is 0 Å². The summed E-state index contributed by atoms with van der Waals surface area (Å²) in [5.74, 6) is 0.211. The Morgan fingerprint density at radius 1 is 0.864 bits per heavy atom. The fraction of sp³-hybridized carbons (Fsp3) is 0.632. The quantitative estimate of drug-likeness (QED) is 0.425. The van der Waals surface area contributed by atoms with Crippen LogP contribution in [-0.4, -0.2) is 16.0 Å². The molecular formula is C19H31NO2. The van der Waals surface area contributed by atoms with E-state index < -0.39 is 0 Å². The van der Waals surface area contributed by atoms with Crippen LogP contribution in [0.25, 0.3) is 0 Å². The molecule has 3 heteroatoms. The van der Waals surface area contributed by atoms with Gasteiger partial charge in [-0.05, 0) is 22.5 Å². The van der Waals surface area contributed by atoms with Crippen LogP contribution in [0.1, 0.15) is 79.0 Å². The Morgan fingerprint density at radius 2 is 1.36 bits per heavy atom. The fourth-order valence-corrected chi connectivity index (χ4v) is 2.43. The standard InChI is InChI=1S/C19H31NO2/c1-17(2,3)12-10-13(16(20-22)19(7,8)9)15(21)14(11-12)18(4,5)6/h10-11,21-22H,1-9H3/b20-16+. The van der Waals surface area contributed by atoms with Gasteiger partial charge in [-0.15, -0.1) is 0 Å². The maximum Gasteiger partial charge on any atom is 0.128 e. The van der Waals surface area contributed by atoms with Gasteiger partial charge >= 0.3 is 0 Å². The van der Waals surface area contributed by atoms with Crippen molar-refractivity contribution in [2.45, 2.75) is 73.1 Å². The molecular weight excluding hydrogens is 274 g/mol. The average Bonchev–Trinajstić information content (AvgIpc) is 2.27. The molecule has 0 aromatic heterocycles. The number of phenolic OH excluding ortho intramolecular Hbond substituents is 1. The molecule has 0 unspecified atom stereocenters. The zero-order chi connectivity index (χ0) is 17.5. The fourth-order valence-electron chi connectivity index (χ4n) is 2.43. The van der Waals surface area contributed by atoms with E-state index in [0.717, 1.165) is 11.1 Å². The highest BCUT2D eigenvalue weighted by Crippen LogP contribution is 2.39. The Kier molecular flexibility index (Phi) is 4.72. The summed E-state index contributed by atoms with van der Waals surface area (Å²) in [7, 11) is 0. The summed E-state index contributed by atoms with van der Waals surface area (Å²) in [5.41, 5.74) is 2.50. The van der Waals surface area contributed by atoms with Crippen molar-refractivity contribution in [1.29, 1.82) is 0 Å². The van der Waals surface area contributed by atoms with Crippen LogP contribution in [0, 0.1) is 5.41 Å². The maximum absolute atomic E-state index is 10.8. The molecule has 22 heavy (non-hydrogen) atoms. The second-order valence-electron chi connectivity index (χ2n) is 9.12. The zero-order valence-electron chi connectivity index (χ0n) is 15.5. The Labute approximate surface area is 135 Å². The van der Waals surface area contributed by atoms with E-state index >= 15 is 0 Å². The Hall–Kier alpha value is -1.51.